The van der Waals surface area contributed by atoms with E-state index in [1.165, 1.54) is 0 Å². The molecule has 35 heavy (non-hydrogen) atoms. The van der Waals surface area contributed by atoms with E-state index < -0.39 is 24.0 Å². The third-order valence-corrected chi connectivity index (χ3v) is 6.36. The predicted molar refractivity (Wildman–Crippen MR) is 135 cm³/mol. The first-order chi connectivity index (χ1) is 16.9. The molecule has 2 atom stereocenters. The number of hydrogen-bond acceptors (Lipinski definition) is 4. The van der Waals surface area contributed by atoms with E-state index in [0.717, 1.165) is 29.7 Å². The van der Waals surface area contributed by atoms with E-state index in [-0.39, 0.29) is 12.3 Å². The minimum absolute atomic E-state index is 0.131. The fraction of sp³-hybridized carbons (Fsp3) is 0.250. The van der Waals surface area contributed by atoms with Crippen LogP contribution in [0.2, 0.25) is 5.02 Å². The fourth-order valence-corrected chi connectivity index (χ4v) is 4.48. The number of ether oxygens (including phenoxy) is 1. The molecule has 3 aromatic carbocycles. The van der Waals surface area contributed by atoms with E-state index in [9.17, 15) is 14.4 Å². The number of amides is 2. The van der Waals surface area contributed by atoms with Crippen molar-refractivity contribution in [3.8, 4) is 0 Å². The lowest BCUT2D eigenvalue weighted by Gasteiger charge is -2.31. The summed E-state index contributed by atoms with van der Waals surface area (Å²) in [5.74, 6) is -1.24. The molecule has 0 bridgehead atoms. The van der Waals surface area contributed by atoms with E-state index in [0.29, 0.717) is 17.1 Å². The summed E-state index contributed by atoms with van der Waals surface area (Å²) < 4.78 is 5.54. The van der Waals surface area contributed by atoms with Gasteiger partial charge in [0.1, 0.15) is 0 Å². The molecule has 0 saturated heterocycles. The topological polar surface area (TPSA) is 75.7 Å². The Hall–Kier alpha value is -3.64. The van der Waals surface area contributed by atoms with Crippen LogP contribution in [0.1, 0.15) is 47.3 Å². The second-order valence-electron chi connectivity index (χ2n) is 8.47. The van der Waals surface area contributed by atoms with Crippen molar-refractivity contribution in [3.05, 3.63) is 101 Å². The Morgan fingerprint density at radius 1 is 0.971 bits per heavy atom. The first-order valence-corrected chi connectivity index (χ1v) is 12.0. The number of para-hydroxylation sites is 1. The molecule has 0 unspecified atom stereocenters. The number of rotatable bonds is 7. The van der Waals surface area contributed by atoms with Gasteiger partial charge in [-0.25, -0.2) is 0 Å². The van der Waals surface area contributed by atoms with E-state index in [1.54, 1.807) is 36.1 Å². The standard InChI is InChI=1S/C28H27ClN2O4/c1-19(28(34)31-17-9-13-21-12-5-8-16-25(21)31)35-26(32)18-24(20-10-3-2-4-11-20)30-27(33)22-14-6-7-15-23(22)29/h2-8,10-12,14-16,19,24H,9,13,17-18H2,1H3,(H,30,33)/t19-,24-/m0/s1. The van der Waals surface area contributed by atoms with Gasteiger partial charge in [-0.1, -0.05) is 72.3 Å². The molecule has 1 N–H and O–H groups in total. The number of esters is 1. The molecular weight excluding hydrogens is 464 g/mol. The number of anilines is 1. The predicted octanol–water partition coefficient (Wildman–Crippen LogP) is 5.11. The molecule has 0 aliphatic carbocycles. The summed E-state index contributed by atoms with van der Waals surface area (Å²) >= 11 is 6.17. The summed E-state index contributed by atoms with van der Waals surface area (Å²) in [7, 11) is 0. The van der Waals surface area contributed by atoms with E-state index in [2.05, 4.69) is 5.32 Å². The number of benzene rings is 3. The number of halogens is 1. The van der Waals surface area contributed by atoms with Crippen LogP contribution < -0.4 is 10.2 Å². The molecule has 180 valence electrons. The van der Waals surface area contributed by atoms with Gasteiger partial charge in [-0.3, -0.25) is 14.4 Å². The number of carbonyl (C=O) groups is 3. The van der Waals surface area contributed by atoms with Gasteiger partial charge in [-0.05, 0) is 49.1 Å². The van der Waals surface area contributed by atoms with Crippen LogP contribution in [-0.4, -0.2) is 30.4 Å². The summed E-state index contributed by atoms with van der Waals surface area (Å²) in [4.78, 5) is 40.6. The van der Waals surface area contributed by atoms with Crippen molar-refractivity contribution in [2.75, 3.05) is 11.4 Å². The first kappa shape index (κ1) is 24.5. The van der Waals surface area contributed by atoms with Gasteiger partial charge in [0.15, 0.2) is 6.10 Å². The Balaban J connectivity index is 1.45. The first-order valence-electron chi connectivity index (χ1n) is 11.6. The smallest absolute Gasteiger partial charge is 0.309 e. The number of nitrogens with one attached hydrogen (secondary N) is 1. The van der Waals surface area contributed by atoms with Gasteiger partial charge in [-0.15, -0.1) is 0 Å². The minimum Gasteiger partial charge on any atom is -0.452 e. The molecule has 2 amide bonds. The second-order valence-corrected chi connectivity index (χ2v) is 8.88. The van der Waals surface area contributed by atoms with Crippen LogP contribution in [0.5, 0.6) is 0 Å². The van der Waals surface area contributed by atoms with Crippen LogP contribution in [0.3, 0.4) is 0 Å². The molecule has 3 aromatic rings. The Morgan fingerprint density at radius 2 is 1.66 bits per heavy atom. The largest absolute Gasteiger partial charge is 0.452 e. The van der Waals surface area contributed by atoms with Gasteiger partial charge in [0.2, 0.25) is 0 Å². The molecule has 0 spiro atoms. The van der Waals surface area contributed by atoms with Gasteiger partial charge in [0.05, 0.1) is 23.0 Å². The minimum atomic E-state index is -0.954. The average Bonchev–Trinajstić information content (AvgIpc) is 2.88. The van der Waals surface area contributed by atoms with Crippen molar-refractivity contribution in [3.63, 3.8) is 0 Å². The third kappa shape index (κ3) is 5.89. The molecule has 0 fully saturated rings. The molecule has 1 aliphatic rings. The summed E-state index contributed by atoms with van der Waals surface area (Å²) in [5.41, 5.74) is 3.03. The quantitative estimate of drug-likeness (QED) is 0.467. The maximum absolute atomic E-state index is 13.1. The second kappa shape index (κ2) is 11.2. The highest BCUT2D eigenvalue weighted by Crippen LogP contribution is 2.28. The molecule has 0 radical (unpaired) electrons. The van der Waals surface area contributed by atoms with Crippen molar-refractivity contribution in [1.29, 1.82) is 0 Å². The number of hydrogen-bond donors (Lipinski definition) is 1. The SMILES string of the molecule is C[C@H](OC(=O)C[C@H](NC(=O)c1ccccc1Cl)c1ccccc1)C(=O)N1CCCc2ccccc21. The monoisotopic (exact) mass is 490 g/mol. The van der Waals surface area contributed by atoms with E-state index in [1.807, 2.05) is 54.6 Å². The molecule has 7 heteroatoms. The highest BCUT2D eigenvalue weighted by molar-refractivity contribution is 6.33. The number of nitrogens with zero attached hydrogens (tertiary/aromatic N) is 1. The Labute approximate surface area is 209 Å². The Bertz CT molecular complexity index is 1210. The van der Waals surface area contributed by atoms with Crippen LogP contribution in [-0.2, 0) is 20.7 Å². The molecule has 1 heterocycles. The van der Waals surface area contributed by atoms with Crippen molar-refractivity contribution < 1.29 is 19.1 Å². The molecule has 0 saturated carbocycles. The maximum Gasteiger partial charge on any atom is 0.309 e. The molecular formula is C28H27ClN2O4. The van der Waals surface area contributed by atoms with Crippen molar-refractivity contribution in [2.24, 2.45) is 0 Å². The zero-order valence-electron chi connectivity index (χ0n) is 19.4. The molecule has 6 nitrogen and oxygen atoms in total. The lowest BCUT2D eigenvalue weighted by Crippen LogP contribution is -2.43. The summed E-state index contributed by atoms with van der Waals surface area (Å²) in [6.45, 7) is 2.16. The number of aryl methyl sites for hydroxylation is 1. The number of fused-ring (bicyclic) bond motifs is 1. The van der Waals surface area contributed by atoms with Crippen molar-refractivity contribution >= 4 is 35.1 Å². The highest BCUT2D eigenvalue weighted by atomic mass is 35.5. The Morgan fingerprint density at radius 3 is 2.43 bits per heavy atom. The van der Waals surface area contributed by atoms with E-state index in [4.69, 9.17) is 16.3 Å². The fourth-order valence-electron chi connectivity index (χ4n) is 4.26. The lowest BCUT2D eigenvalue weighted by atomic mass is 10.0. The zero-order chi connectivity index (χ0) is 24.8. The number of carbonyl (C=O) groups excluding carboxylic acids is 3. The summed E-state index contributed by atoms with van der Waals surface area (Å²) in [5, 5.41) is 3.20. The third-order valence-electron chi connectivity index (χ3n) is 6.03. The highest BCUT2D eigenvalue weighted by Gasteiger charge is 2.29. The van der Waals surface area contributed by atoms with Gasteiger partial charge in [0.25, 0.3) is 11.8 Å². The van der Waals surface area contributed by atoms with Crippen LogP contribution in [0, 0.1) is 0 Å². The molecule has 0 aromatic heterocycles. The van der Waals surface area contributed by atoms with Crippen molar-refractivity contribution in [1.82, 2.24) is 5.32 Å². The summed E-state index contributed by atoms with van der Waals surface area (Å²) in [6.07, 6.45) is 0.685. The maximum atomic E-state index is 13.1. The van der Waals surface area contributed by atoms with Crippen LogP contribution in [0.25, 0.3) is 0 Å². The molecule has 1 aliphatic heterocycles. The van der Waals surface area contributed by atoms with Gasteiger partial charge in [0, 0.05) is 12.2 Å². The van der Waals surface area contributed by atoms with Gasteiger partial charge >= 0.3 is 5.97 Å². The zero-order valence-corrected chi connectivity index (χ0v) is 20.2. The Kier molecular flexibility index (Phi) is 7.83. The van der Waals surface area contributed by atoms with Crippen LogP contribution >= 0.6 is 11.6 Å². The van der Waals surface area contributed by atoms with Crippen LogP contribution in [0.4, 0.5) is 5.69 Å². The lowest BCUT2D eigenvalue weighted by molar-refractivity contribution is -0.154. The average molecular weight is 491 g/mol. The van der Waals surface area contributed by atoms with Crippen LogP contribution in [0.15, 0.2) is 78.9 Å². The van der Waals surface area contributed by atoms with Crippen molar-refractivity contribution in [2.45, 2.75) is 38.3 Å². The van der Waals surface area contributed by atoms with E-state index >= 15 is 0 Å². The normalized spacial score (nSPS) is 14.4. The van der Waals surface area contributed by atoms with Gasteiger partial charge < -0.3 is 15.0 Å². The van der Waals surface area contributed by atoms with Gasteiger partial charge in [-0.2, -0.15) is 0 Å². The molecule has 4 rings (SSSR count). The summed E-state index contributed by atoms with van der Waals surface area (Å²) in [6, 6.07) is 23.0.